The van der Waals surface area contributed by atoms with E-state index in [1.54, 1.807) is 0 Å². The Balaban J connectivity index is 1.66. The van der Waals surface area contributed by atoms with Crippen LogP contribution >= 0.6 is 0 Å². The molecule has 3 rings (SSSR count). The van der Waals surface area contributed by atoms with Crippen LogP contribution in [0.4, 0.5) is 0 Å². The van der Waals surface area contributed by atoms with E-state index >= 15 is 0 Å². The molecule has 0 bridgehead atoms. The molecule has 5 heteroatoms. The zero-order chi connectivity index (χ0) is 13.1. The highest BCUT2D eigenvalue weighted by Gasteiger charge is 2.58. The number of carboxylic acids is 1. The molecule has 3 fully saturated rings. The zero-order valence-corrected chi connectivity index (χ0v) is 10.5. The Morgan fingerprint density at radius 3 is 2.67 bits per heavy atom. The molecule has 0 unspecified atom stereocenters. The fourth-order valence-corrected chi connectivity index (χ4v) is 3.17. The molecule has 0 aromatic carbocycles. The molecule has 1 saturated heterocycles. The number of carbonyl (C=O) groups excluding carboxylic acids is 1. The maximum Gasteiger partial charge on any atom is 0.326 e. The number of hydrogen-bond donors (Lipinski definition) is 2. The summed E-state index contributed by atoms with van der Waals surface area (Å²) in [6.07, 6.45) is 2.44. The fourth-order valence-electron chi connectivity index (χ4n) is 3.17. The summed E-state index contributed by atoms with van der Waals surface area (Å²) in [7, 11) is 0. The molecule has 0 radical (unpaired) electrons. The summed E-state index contributed by atoms with van der Waals surface area (Å²) in [4.78, 5) is 24.7. The van der Waals surface area contributed by atoms with Crippen LogP contribution in [0.2, 0.25) is 0 Å². The number of carbonyl (C=O) groups is 2. The van der Waals surface area contributed by atoms with Gasteiger partial charge in [0.2, 0.25) is 0 Å². The molecule has 5 nitrogen and oxygen atoms in total. The van der Waals surface area contributed by atoms with Crippen molar-refractivity contribution in [2.45, 2.75) is 44.8 Å². The predicted molar refractivity (Wildman–Crippen MR) is 62.7 cm³/mol. The average Bonchev–Trinajstić information content (AvgIpc) is 3.18. The molecule has 2 N–H and O–H groups in total. The maximum absolute atomic E-state index is 12.1. The van der Waals surface area contributed by atoms with Crippen molar-refractivity contribution in [1.82, 2.24) is 4.90 Å². The minimum absolute atomic E-state index is 0.0937. The van der Waals surface area contributed by atoms with E-state index in [0.29, 0.717) is 18.9 Å². The van der Waals surface area contributed by atoms with Gasteiger partial charge >= 0.3 is 5.97 Å². The van der Waals surface area contributed by atoms with Crippen LogP contribution in [0.3, 0.4) is 0 Å². The largest absolute Gasteiger partial charge is 0.480 e. The van der Waals surface area contributed by atoms with Crippen LogP contribution < -0.4 is 0 Å². The molecular weight excluding hydrogens is 234 g/mol. The van der Waals surface area contributed by atoms with Gasteiger partial charge in [-0.05, 0) is 42.9 Å². The van der Waals surface area contributed by atoms with Crippen molar-refractivity contribution in [2.75, 3.05) is 6.54 Å². The van der Waals surface area contributed by atoms with Crippen molar-refractivity contribution in [3.8, 4) is 0 Å². The Morgan fingerprint density at radius 2 is 2.11 bits per heavy atom. The normalized spacial score (nSPS) is 37.0. The monoisotopic (exact) mass is 253 g/mol. The Kier molecular flexibility index (Phi) is 2.46. The van der Waals surface area contributed by atoms with Gasteiger partial charge in [0.05, 0.1) is 0 Å². The first-order valence-electron chi connectivity index (χ1n) is 6.63. The van der Waals surface area contributed by atoms with E-state index in [2.05, 4.69) is 6.92 Å². The van der Waals surface area contributed by atoms with E-state index < -0.39 is 18.1 Å². The van der Waals surface area contributed by atoms with E-state index in [4.69, 9.17) is 0 Å². The van der Waals surface area contributed by atoms with Crippen LogP contribution in [0, 0.1) is 17.3 Å². The van der Waals surface area contributed by atoms with E-state index in [1.807, 2.05) is 0 Å². The highest BCUT2D eigenvalue weighted by Crippen LogP contribution is 2.51. The highest BCUT2D eigenvalue weighted by molar-refractivity contribution is 5.87. The smallest absolute Gasteiger partial charge is 0.326 e. The number of likely N-dealkylation sites (tertiary alicyclic amines) is 1. The number of aliphatic hydroxyl groups is 1. The lowest BCUT2D eigenvalue weighted by molar-refractivity contribution is -0.153. The van der Waals surface area contributed by atoms with E-state index in [9.17, 15) is 19.8 Å². The number of hydrogen-bond acceptors (Lipinski definition) is 3. The molecule has 1 aliphatic heterocycles. The van der Waals surface area contributed by atoms with Crippen molar-refractivity contribution >= 4 is 11.9 Å². The molecule has 0 spiro atoms. The van der Waals surface area contributed by atoms with Crippen LogP contribution in [0.5, 0.6) is 0 Å². The van der Waals surface area contributed by atoms with Crippen molar-refractivity contribution < 1.29 is 19.8 Å². The fraction of sp³-hybridized carbons (Fsp3) is 0.846. The summed E-state index contributed by atoms with van der Waals surface area (Å²) in [6, 6.07) is -0.704. The lowest BCUT2D eigenvalue weighted by Crippen LogP contribution is -2.48. The Labute approximate surface area is 106 Å². The van der Waals surface area contributed by atoms with E-state index in [-0.39, 0.29) is 17.2 Å². The summed E-state index contributed by atoms with van der Waals surface area (Å²) in [6.45, 7) is 2.56. The zero-order valence-electron chi connectivity index (χ0n) is 10.5. The number of piperidine rings is 1. The van der Waals surface area contributed by atoms with Crippen LogP contribution in [0.25, 0.3) is 0 Å². The van der Waals surface area contributed by atoms with Gasteiger partial charge in [0, 0.05) is 6.54 Å². The minimum atomic E-state index is -1.03. The standard InChI is InChI=1S/C13H19NO4/c1-13(2-3-13)5-9(15)11(16)14-6-7-4-8(7)10(14)12(17)18/h7-10,15H,2-6H2,1H3,(H,17,18)/t7-,8-,9+,10-/m0/s1. The van der Waals surface area contributed by atoms with Gasteiger partial charge in [-0.2, -0.15) is 0 Å². The summed E-state index contributed by atoms with van der Waals surface area (Å²) in [5.74, 6) is -0.852. The molecule has 1 amide bonds. The molecule has 0 aromatic heterocycles. The first-order chi connectivity index (χ1) is 8.41. The van der Waals surface area contributed by atoms with Crippen LogP contribution in [0.1, 0.15) is 32.6 Å². The summed E-state index contributed by atoms with van der Waals surface area (Å²) in [5, 5.41) is 19.2. The molecule has 2 aliphatic carbocycles. The number of nitrogens with zero attached hydrogens (tertiary/aromatic N) is 1. The Morgan fingerprint density at radius 1 is 1.44 bits per heavy atom. The third-order valence-corrected chi connectivity index (χ3v) is 4.76. The van der Waals surface area contributed by atoms with Crippen LogP contribution in [-0.4, -0.2) is 45.7 Å². The SMILES string of the molecule is CC1(C[C@@H](O)C(=O)N2C[C@@H]3C[C@@H]3[C@H]2C(=O)O)CC1. The van der Waals surface area contributed by atoms with Gasteiger partial charge in [-0.3, -0.25) is 4.79 Å². The predicted octanol–water partition coefficient (Wildman–Crippen LogP) is 0.469. The van der Waals surface area contributed by atoms with Crippen LogP contribution in [-0.2, 0) is 9.59 Å². The van der Waals surface area contributed by atoms with Gasteiger partial charge in [0.1, 0.15) is 12.1 Å². The number of fused-ring (bicyclic) bond motifs is 1. The molecular formula is C13H19NO4. The first-order valence-corrected chi connectivity index (χ1v) is 6.63. The molecule has 2 saturated carbocycles. The van der Waals surface area contributed by atoms with Gasteiger partial charge in [-0.1, -0.05) is 6.92 Å². The van der Waals surface area contributed by atoms with E-state index in [1.165, 1.54) is 4.90 Å². The number of rotatable bonds is 4. The number of aliphatic hydroxyl groups excluding tert-OH is 1. The average molecular weight is 253 g/mol. The van der Waals surface area contributed by atoms with Gasteiger partial charge in [0.25, 0.3) is 5.91 Å². The second kappa shape index (κ2) is 3.70. The first kappa shape index (κ1) is 12.0. The second-order valence-corrected chi connectivity index (χ2v) is 6.46. The molecule has 3 aliphatic rings. The second-order valence-electron chi connectivity index (χ2n) is 6.46. The van der Waals surface area contributed by atoms with Crippen LogP contribution in [0.15, 0.2) is 0 Å². The van der Waals surface area contributed by atoms with Gasteiger partial charge < -0.3 is 15.1 Å². The number of carboxylic acid groups (broad SMARTS) is 1. The maximum atomic E-state index is 12.1. The van der Waals surface area contributed by atoms with Crippen molar-refractivity contribution in [1.29, 1.82) is 0 Å². The quantitative estimate of drug-likeness (QED) is 0.763. The van der Waals surface area contributed by atoms with Gasteiger partial charge in [-0.25, -0.2) is 4.79 Å². The molecule has 4 atom stereocenters. The lowest BCUT2D eigenvalue weighted by Gasteiger charge is -2.27. The molecule has 1 heterocycles. The number of aliphatic carboxylic acids is 1. The molecule has 100 valence electrons. The third-order valence-electron chi connectivity index (χ3n) is 4.76. The lowest BCUT2D eigenvalue weighted by atomic mass is 10.00. The summed E-state index contributed by atoms with van der Waals surface area (Å²) < 4.78 is 0. The van der Waals surface area contributed by atoms with Gasteiger partial charge in [0.15, 0.2) is 0 Å². The molecule has 18 heavy (non-hydrogen) atoms. The van der Waals surface area contributed by atoms with Crippen molar-refractivity contribution in [3.05, 3.63) is 0 Å². The Bertz CT molecular complexity index is 404. The summed E-state index contributed by atoms with van der Waals surface area (Å²) >= 11 is 0. The highest BCUT2D eigenvalue weighted by atomic mass is 16.4. The number of amides is 1. The minimum Gasteiger partial charge on any atom is -0.480 e. The van der Waals surface area contributed by atoms with Crippen molar-refractivity contribution in [2.24, 2.45) is 17.3 Å². The summed E-state index contributed by atoms with van der Waals surface area (Å²) in [5.41, 5.74) is 0.0937. The van der Waals surface area contributed by atoms with E-state index in [0.717, 1.165) is 19.3 Å². The third kappa shape index (κ3) is 1.90. The topological polar surface area (TPSA) is 77.8 Å². The van der Waals surface area contributed by atoms with Gasteiger partial charge in [-0.15, -0.1) is 0 Å². The van der Waals surface area contributed by atoms with Crippen molar-refractivity contribution in [3.63, 3.8) is 0 Å². The molecule has 0 aromatic rings. The Hall–Kier alpha value is -1.10.